The maximum absolute atomic E-state index is 10.6. The normalized spacial score (nSPS) is 11.7. The van der Waals surface area contributed by atoms with Crippen molar-refractivity contribution in [2.24, 2.45) is 0 Å². The molecule has 4 heteroatoms. The Labute approximate surface area is 123 Å². The van der Waals surface area contributed by atoms with E-state index in [1.165, 1.54) is 44.1 Å². The highest BCUT2D eigenvalue weighted by molar-refractivity contribution is 7.85. The molecule has 20 heavy (non-hydrogen) atoms. The molecule has 0 aliphatic heterocycles. The van der Waals surface area contributed by atoms with Crippen LogP contribution in [-0.2, 0) is 23.0 Å². The molecule has 1 rings (SSSR count). The molecule has 114 valence electrons. The number of rotatable bonds is 10. The molecular weight excluding hydrogens is 272 g/mol. The number of hydrogen-bond donors (Lipinski definition) is 0. The summed E-state index contributed by atoms with van der Waals surface area (Å²) in [5.74, 6) is -0.316. The average Bonchev–Trinajstić information content (AvgIpc) is 2.41. The smallest absolute Gasteiger partial charge is 0.0949 e. The second kappa shape index (κ2) is 9.14. The molecule has 0 N–H and O–H groups in total. The first kappa shape index (κ1) is 17.2. The summed E-state index contributed by atoms with van der Waals surface area (Å²) in [7, 11) is -4.11. The van der Waals surface area contributed by atoms with Crippen LogP contribution >= 0.6 is 0 Å². The van der Waals surface area contributed by atoms with E-state index in [1.54, 1.807) is 0 Å². The Morgan fingerprint density at radius 2 is 1.35 bits per heavy atom. The monoisotopic (exact) mass is 297 g/mol. The summed E-state index contributed by atoms with van der Waals surface area (Å²) in [6.07, 6.45) is 9.12. The first-order chi connectivity index (χ1) is 9.51. The van der Waals surface area contributed by atoms with E-state index < -0.39 is 10.1 Å². The summed E-state index contributed by atoms with van der Waals surface area (Å²) in [5.41, 5.74) is 2.20. The molecule has 0 spiro atoms. The van der Waals surface area contributed by atoms with E-state index >= 15 is 0 Å². The highest BCUT2D eigenvalue weighted by Crippen LogP contribution is 2.11. The standard InChI is InChI=1S/C16H26O3S/c1-2-3-4-5-6-7-8-15-9-11-16(12-10-15)13-14-20(17,18)19/h9-12H,2-8,13-14H2,1H3,(H,17,18,19)/p-1. The van der Waals surface area contributed by atoms with Crippen LogP contribution in [0.2, 0.25) is 0 Å². The van der Waals surface area contributed by atoms with Gasteiger partial charge >= 0.3 is 0 Å². The summed E-state index contributed by atoms with van der Waals surface area (Å²) in [6.45, 7) is 2.22. The van der Waals surface area contributed by atoms with Gasteiger partial charge in [-0.1, -0.05) is 63.3 Å². The lowest BCUT2D eigenvalue weighted by molar-refractivity contribution is 0.462. The Hall–Kier alpha value is -0.870. The second-order valence-corrected chi connectivity index (χ2v) is 6.87. The van der Waals surface area contributed by atoms with E-state index in [1.807, 2.05) is 24.3 Å². The molecule has 0 aliphatic carbocycles. The van der Waals surface area contributed by atoms with E-state index in [0.717, 1.165) is 12.0 Å². The van der Waals surface area contributed by atoms with Gasteiger partial charge < -0.3 is 4.55 Å². The molecule has 0 aliphatic rings. The predicted octanol–water partition coefficient (Wildman–Crippen LogP) is 3.68. The van der Waals surface area contributed by atoms with Crippen molar-refractivity contribution < 1.29 is 13.0 Å². The first-order valence-corrected chi connectivity index (χ1v) is 9.10. The lowest BCUT2D eigenvalue weighted by atomic mass is 10.0. The van der Waals surface area contributed by atoms with Gasteiger partial charge in [-0.05, 0) is 30.4 Å². The maximum atomic E-state index is 10.6. The quantitative estimate of drug-likeness (QED) is 0.489. The molecule has 0 bridgehead atoms. The Bertz CT molecular complexity index is 463. The third kappa shape index (κ3) is 8.33. The zero-order chi connectivity index (χ0) is 14.8. The summed E-state index contributed by atoms with van der Waals surface area (Å²) in [5, 5.41) is 0. The van der Waals surface area contributed by atoms with Crippen molar-refractivity contribution in [2.75, 3.05) is 5.75 Å². The number of aryl methyl sites for hydroxylation is 2. The molecule has 0 atom stereocenters. The van der Waals surface area contributed by atoms with E-state index in [2.05, 4.69) is 6.92 Å². The molecule has 0 radical (unpaired) electrons. The van der Waals surface area contributed by atoms with Crippen LogP contribution in [0.4, 0.5) is 0 Å². The first-order valence-electron chi connectivity index (χ1n) is 7.52. The minimum atomic E-state index is -4.11. The lowest BCUT2D eigenvalue weighted by Crippen LogP contribution is -2.06. The molecule has 3 nitrogen and oxygen atoms in total. The molecule has 0 saturated carbocycles. The fourth-order valence-corrected chi connectivity index (χ4v) is 2.71. The highest BCUT2D eigenvalue weighted by Gasteiger charge is 1.99. The fraction of sp³-hybridized carbons (Fsp3) is 0.625. The zero-order valence-electron chi connectivity index (χ0n) is 12.3. The van der Waals surface area contributed by atoms with E-state index in [9.17, 15) is 13.0 Å². The minimum Gasteiger partial charge on any atom is -0.748 e. The van der Waals surface area contributed by atoms with Crippen molar-refractivity contribution >= 4 is 10.1 Å². The van der Waals surface area contributed by atoms with Crippen LogP contribution in [0.25, 0.3) is 0 Å². The minimum absolute atomic E-state index is 0.309. The highest BCUT2D eigenvalue weighted by atomic mass is 32.2. The summed E-state index contributed by atoms with van der Waals surface area (Å²) in [6, 6.07) is 7.94. The van der Waals surface area contributed by atoms with Crippen molar-refractivity contribution in [3.63, 3.8) is 0 Å². The SMILES string of the molecule is CCCCCCCCc1ccc(CCS(=O)(=O)[O-])cc1. The Kier molecular flexibility index (Phi) is 7.85. The van der Waals surface area contributed by atoms with Gasteiger partial charge in [0.15, 0.2) is 0 Å². The zero-order valence-corrected chi connectivity index (χ0v) is 13.1. The van der Waals surface area contributed by atoms with Crippen LogP contribution in [0.1, 0.15) is 56.6 Å². The van der Waals surface area contributed by atoms with E-state index in [4.69, 9.17) is 0 Å². The number of unbranched alkanes of at least 4 members (excludes halogenated alkanes) is 5. The summed E-state index contributed by atoms with van der Waals surface area (Å²) >= 11 is 0. The largest absolute Gasteiger partial charge is 0.748 e. The van der Waals surface area contributed by atoms with Gasteiger partial charge in [-0.15, -0.1) is 0 Å². The van der Waals surface area contributed by atoms with Crippen LogP contribution in [0.5, 0.6) is 0 Å². The molecule has 0 amide bonds. The molecule has 1 aromatic rings. The molecule has 0 fully saturated rings. The molecule has 1 aromatic carbocycles. The van der Waals surface area contributed by atoms with Crippen LogP contribution in [0.15, 0.2) is 24.3 Å². The topological polar surface area (TPSA) is 57.2 Å². The second-order valence-electron chi connectivity index (χ2n) is 5.35. The van der Waals surface area contributed by atoms with Crippen molar-refractivity contribution in [3.8, 4) is 0 Å². The van der Waals surface area contributed by atoms with Gasteiger partial charge in [-0.3, -0.25) is 0 Å². The predicted molar refractivity (Wildman–Crippen MR) is 81.8 cm³/mol. The maximum Gasteiger partial charge on any atom is 0.0949 e. The van der Waals surface area contributed by atoms with Gasteiger partial charge in [-0.25, -0.2) is 8.42 Å². The van der Waals surface area contributed by atoms with Gasteiger partial charge in [-0.2, -0.15) is 0 Å². The number of benzene rings is 1. The van der Waals surface area contributed by atoms with Gasteiger partial charge in [0.2, 0.25) is 0 Å². The number of hydrogen-bond acceptors (Lipinski definition) is 3. The van der Waals surface area contributed by atoms with Crippen molar-refractivity contribution in [1.29, 1.82) is 0 Å². The van der Waals surface area contributed by atoms with Crippen molar-refractivity contribution in [3.05, 3.63) is 35.4 Å². The Morgan fingerprint density at radius 1 is 0.850 bits per heavy atom. The molecule has 0 aromatic heterocycles. The van der Waals surface area contributed by atoms with Crippen LogP contribution < -0.4 is 0 Å². The molecule has 0 unspecified atom stereocenters. The van der Waals surface area contributed by atoms with Crippen LogP contribution in [-0.4, -0.2) is 18.7 Å². The third-order valence-corrected chi connectivity index (χ3v) is 4.19. The van der Waals surface area contributed by atoms with Crippen LogP contribution in [0.3, 0.4) is 0 Å². The van der Waals surface area contributed by atoms with Gasteiger partial charge in [0.1, 0.15) is 0 Å². The van der Waals surface area contributed by atoms with Gasteiger partial charge in [0.25, 0.3) is 0 Å². The van der Waals surface area contributed by atoms with Crippen molar-refractivity contribution in [1.82, 2.24) is 0 Å². The van der Waals surface area contributed by atoms with E-state index in [0.29, 0.717) is 6.42 Å². The van der Waals surface area contributed by atoms with Gasteiger partial charge in [0.05, 0.1) is 10.1 Å². The lowest BCUT2D eigenvalue weighted by Gasteiger charge is -2.07. The third-order valence-electron chi connectivity index (χ3n) is 3.48. The molecular formula is C16H25O3S-. The van der Waals surface area contributed by atoms with E-state index in [-0.39, 0.29) is 5.75 Å². The summed E-state index contributed by atoms with van der Waals surface area (Å²) in [4.78, 5) is 0. The van der Waals surface area contributed by atoms with Crippen molar-refractivity contribution in [2.45, 2.75) is 58.3 Å². The molecule has 0 saturated heterocycles. The van der Waals surface area contributed by atoms with Gasteiger partial charge in [0, 0.05) is 5.75 Å². The Balaban J connectivity index is 2.25. The average molecular weight is 297 g/mol. The van der Waals surface area contributed by atoms with Crippen LogP contribution in [0, 0.1) is 0 Å². The molecule has 0 heterocycles. The fourth-order valence-electron chi connectivity index (χ4n) is 2.22. The summed E-state index contributed by atoms with van der Waals surface area (Å²) < 4.78 is 31.7. The Morgan fingerprint density at radius 3 is 1.90 bits per heavy atom.